The lowest BCUT2D eigenvalue weighted by molar-refractivity contribution is 0.576. The summed E-state index contributed by atoms with van der Waals surface area (Å²) >= 11 is 1.37. The molecule has 1 aromatic carbocycles. The van der Waals surface area contributed by atoms with Crippen LogP contribution in [0.3, 0.4) is 0 Å². The van der Waals surface area contributed by atoms with Crippen molar-refractivity contribution < 1.29 is 12.8 Å². The van der Waals surface area contributed by atoms with Crippen molar-refractivity contribution in [2.75, 3.05) is 6.54 Å². The number of hydrogen-bond donors (Lipinski definition) is 2. The largest absolute Gasteiger partial charge is 0.313 e. The number of nitrogens with zero attached hydrogens (tertiary/aromatic N) is 1. The lowest BCUT2D eigenvalue weighted by Gasteiger charge is -2.09. The van der Waals surface area contributed by atoms with Gasteiger partial charge in [-0.15, -0.1) is 11.3 Å². The first-order chi connectivity index (χ1) is 10.0. The highest BCUT2D eigenvalue weighted by Gasteiger charge is 2.16. The second-order valence-corrected chi connectivity index (χ2v) is 7.03. The van der Waals surface area contributed by atoms with Gasteiger partial charge >= 0.3 is 0 Å². The van der Waals surface area contributed by atoms with Crippen molar-refractivity contribution in [3.63, 3.8) is 0 Å². The van der Waals surface area contributed by atoms with E-state index in [0.29, 0.717) is 17.1 Å². The van der Waals surface area contributed by atoms with Crippen LogP contribution in [0.5, 0.6) is 0 Å². The van der Waals surface area contributed by atoms with Gasteiger partial charge in [0.25, 0.3) is 0 Å². The summed E-state index contributed by atoms with van der Waals surface area (Å²) in [7, 11) is -3.68. The summed E-state index contributed by atoms with van der Waals surface area (Å²) in [5.74, 6) is -0.421. The molecule has 2 aromatic rings. The number of halogens is 1. The van der Waals surface area contributed by atoms with Gasteiger partial charge in [0.2, 0.25) is 10.0 Å². The van der Waals surface area contributed by atoms with Gasteiger partial charge in [-0.25, -0.2) is 22.5 Å². The third-order valence-corrected chi connectivity index (χ3v) is 4.97. The van der Waals surface area contributed by atoms with Crippen LogP contribution in [0.1, 0.15) is 17.5 Å². The highest BCUT2D eigenvalue weighted by Crippen LogP contribution is 2.16. The molecular weight excluding hydrogens is 313 g/mol. The second kappa shape index (κ2) is 7.08. The Morgan fingerprint density at radius 2 is 2.14 bits per heavy atom. The Balaban J connectivity index is 2.15. The first-order valence-corrected chi connectivity index (χ1v) is 8.76. The van der Waals surface area contributed by atoms with Crippen molar-refractivity contribution in [3.05, 3.63) is 46.2 Å². The number of rotatable bonds is 7. The van der Waals surface area contributed by atoms with E-state index in [0.717, 1.165) is 0 Å². The van der Waals surface area contributed by atoms with Crippen LogP contribution in [0, 0.1) is 5.82 Å². The molecule has 1 heterocycles. The first-order valence-electron chi connectivity index (χ1n) is 6.40. The van der Waals surface area contributed by atoms with Crippen LogP contribution in [-0.2, 0) is 23.1 Å². The van der Waals surface area contributed by atoms with E-state index >= 15 is 0 Å². The van der Waals surface area contributed by atoms with E-state index in [1.165, 1.54) is 29.5 Å². The molecule has 0 radical (unpaired) electrons. The van der Waals surface area contributed by atoms with E-state index in [4.69, 9.17) is 0 Å². The van der Waals surface area contributed by atoms with Gasteiger partial charge < -0.3 is 5.32 Å². The summed E-state index contributed by atoms with van der Waals surface area (Å²) in [5.41, 5.74) is 0.328. The van der Waals surface area contributed by atoms with E-state index in [9.17, 15) is 12.8 Å². The molecule has 0 bridgehead atoms. The molecule has 21 heavy (non-hydrogen) atoms. The summed E-state index contributed by atoms with van der Waals surface area (Å²) in [6.07, 6.45) is 1.61. The Hall–Kier alpha value is -1.35. The summed E-state index contributed by atoms with van der Waals surface area (Å²) < 4.78 is 40.5. The summed E-state index contributed by atoms with van der Waals surface area (Å²) in [4.78, 5) is 4.06. The van der Waals surface area contributed by atoms with Gasteiger partial charge in [-0.05, 0) is 24.7 Å². The fourth-order valence-corrected chi connectivity index (χ4v) is 3.38. The normalized spacial score (nSPS) is 11.7. The van der Waals surface area contributed by atoms with Gasteiger partial charge in [0, 0.05) is 23.7 Å². The SMILES string of the molecule is CCNCc1cc(S(=O)(=O)NCc2nccs2)ccc1F. The zero-order valence-electron chi connectivity index (χ0n) is 11.5. The molecule has 114 valence electrons. The number of aromatic nitrogens is 1. The van der Waals surface area contributed by atoms with Crippen LogP contribution in [-0.4, -0.2) is 19.9 Å². The Kier molecular flexibility index (Phi) is 5.40. The van der Waals surface area contributed by atoms with Gasteiger partial charge in [-0.1, -0.05) is 6.92 Å². The Morgan fingerprint density at radius 1 is 1.33 bits per heavy atom. The van der Waals surface area contributed by atoms with E-state index < -0.39 is 15.8 Å². The van der Waals surface area contributed by atoms with Gasteiger partial charge in [-0.2, -0.15) is 0 Å². The smallest absolute Gasteiger partial charge is 0.240 e. The van der Waals surface area contributed by atoms with Crippen molar-refractivity contribution in [1.29, 1.82) is 0 Å². The van der Waals surface area contributed by atoms with Crippen LogP contribution >= 0.6 is 11.3 Å². The highest BCUT2D eigenvalue weighted by molar-refractivity contribution is 7.89. The van der Waals surface area contributed by atoms with Gasteiger partial charge in [0.1, 0.15) is 10.8 Å². The number of nitrogens with one attached hydrogen (secondary N) is 2. The van der Waals surface area contributed by atoms with Gasteiger partial charge in [0.05, 0.1) is 11.4 Å². The first kappa shape index (κ1) is 16.0. The topological polar surface area (TPSA) is 71.1 Å². The summed E-state index contributed by atoms with van der Waals surface area (Å²) in [6.45, 7) is 2.99. The quantitative estimate of drug-likeness (QED) is 0.813. The highest BCUT2D eigenvalue weighted by atomic mass is 32.2. The maximum atomic E-state index is 13.6. The minimum absolute atomic E-state index is 0.0494. The Bertz CT molecular complexity index is 687. The summed E-state index contributed by atoms with van der Waals surface area (Å²) in [6, 6.07) is 3.78. The molecule has 0 saturated carbocycles. The summed E-state index contributed by atoms with van der Waals surface area (Å²) in [5, 5.41) is 5.42. The third-order valence-electron chi connectivity index (χ3n) is 2.79. The molecule has 0 aliphatic heterocycles. The van der Waals surface area contributed by atoms with Crippen LogP contribution < -0.4 is 10.0 Å². The van der Waals surface area contributed by atoms with Crippen molar-refractivity contribution in [2.45, 2.75) is 24.9 Å². The molecule has 0 amide bonds. The molecule has 2 rings (SSSR count). The average molecular weight is 329 g/mol. The molecule has 0 saturated heterocycles. The monoisotopic (exact) mass is 329 g/mol. The van der Waals surface area contributed by atoms with E-state index in [1.807, 2.05) is 6.92 Å². The second-order valence-electron chi connectivity index (χ2n) is 4.28. The molecule has 0 aliphatic carbocycles. The van der Waals surface area contributed by atoms with Crippen LogP contribution in [0.4, 0.5) is 4.39 Å². The molecule has 0 atom stereocenters. The zero-order chi connectivity index (χ0) is 15.3. The molecule has 0 fully saturated rings. The molecule has 0 unspecified atom stereocenters. The minimum Gasteiger partial charge on any atom is -0.313 e. The predicted octanol–water partition coefficient (Wildman–Crippen LogP) is 1.87. The molecule has 8 heteroatoms. The van der Waals surface area contributed by atoms with Crippen molar-refractivity contribution in [2.24, 2.45) is 0 Å². The fraction of sp³-hybridized carbons (Fsp3) is 0.308. The molecule has 2 N–H and O–H groups in total. The van der Waals surface area contributed by atoms with Crippen LogP contribution in [0.25, 0.3) is 0 Å². The maximum Gasteiger partial charge on any atom is 0.240 e. The van der Waals surface area contributed by atoms with E-state index in [-0.39, 0.29) is 18.0 Å². The maximum absolute atomic E-state index is 13.6. The molecule has 1 aromatic heterocycles. The van der Waals surface area contributed by atoms with Gasteiger partial charge in [-0.3, -0.25) is 0 Å². The lowest BCUT2D eigenvalue weighted by atomic mass is 10.2. The van der Waals surface area contributed by atoms with E-state index in [2.05, 4.69) is 15.0 Å². The number of benzene rings is 1. The standard InChI is InChI=1S/C13H16FN3O2S2/c1-2-15-8-10-7-11(3-4-12(10)14)21(18,19)17-9-13-16-5-6-20-13/h3-7,15,17H,2,8-9H2,1H3. The van der Waals surface area contributed by atoms with Crippen LogP contribution in [0.2, 0.25) is 0 Å². The average Bonchev–Trinajstić information content (AvgIpc) is 2.97. The van der Waals surface area contributed by atoms with E-state index in [1.54, 1.807) is 11.6 Å². The van der Waals surface area contributed by atoms with Gasteiger partial charge in [0.15, 0.2) is 0 Å². The van der Waals surface area contributed by atoms with Crippen molar-refractivity contribution >= 4 is 21.4 Å². The third kappa shape index (κ3) is 4.31. The van der Waals surface area contributed by atoms with Crippen molar-refractivity contribution in [1.82, 2.24) is 15.0 Å². The number of sulfonamides is 1. The molecule has 0 aliphatic rings. The minimum atomic E-state index is -3.68. The number of thiazole rings is 1. The Labute approximate surface area is 127 Å². The number of hydrogen-bond acceptors (Lipinski definition) is 5. The molecular formula is C13H16FN3O2S2. The van der Waals surface area contributed by atoms with Crippen molar-refractivity contribution in [3.8, 4) is 0 Å². The molecule has 0 spiro atoms. The predicted molar refractivity (Wildman–Crippen MR) is 79.9 cm³/mol. The lowest BCUT2D eigenvalue weighted by Crippen LogP contribution is -2.23. The van der Waals surface area contributed by atoms with Crippen LogP contribution in [0.15, 0.2) is 34.7 Å². The fourth-order valence-electron chi connectivity index (χ4n) is 1.69. The zero-order valence-corrected chi connectivity index (χ0v) is 13.1. The molecule has 5 nitrogen and oxygen atoms in total. The Morgan fingerprint density at radius 3 is 2.81 bits per heavy atom.